The SMILES string of the molecule is O=P(Oc1ccccc1)(Oc1ccccc1)Oc1ccccc1CCCCCCCC(Br)Br. The highest BCUT2D eigenvalue weighted by molar-refractivity contribution is 9.24. The zero-order valence-corrected chi connectivity index (χ0v) is 22.5. The molecule has 0 N–H and O–H groups in total. The maximum atomic E-state index is 13.7. The van der Waals surface area contributed by atoms with Crippen molar-refractivity contribution in [3.05, 3.63) is 90.5 Å². The van der Waals surface area contributed by atoms with Crippen molar-refractivity contribution in [3.8, 4) is 17.2 Å². The van der Waals surface area contributed by atoms with Gasteiger partial charge in [-0.25, -0.2) is 0 Å². The number of hydrogen-bond donors (Lipinski definition) is 0. The quantitative estimate of drug-likeness (QED) is 0.106. The first kappa shape index (κ1) is 25.9. The second kappa shape index (κ2) is 13.8. The predicted octanol–water partition coefficient (Wildman–Crippen LogP) is 9.33. The molecule has 0 aliphatic carbocycles. The van der Waals surface area contributed by atoms with E-state index in [-0.39, 0.29) is 0 Å². The van der Waals surface area contributed by atoms with Crippen molar-refractivity contribution in [2.45, 2.75) is 48.7 Å². The molecule has 0 saturated heterocycles. The molecule has 7 heteroatoms. The topological polar surface area (TPSA) is 44.8 Å². The third kappa shape index (κ3) is 9.56. The number of halogens is 2. The minimum absolute atomic E-state index is 0.404. The summed E-state index contributed by atoms with van der Waals surface area (Å²) in [7, 11) is -3.98. The molecular formula is C26H29Br2O4P. The van der Waals surface area contributed by atoms with Crippen molar-refractivity contribution in [1.82, 2.24) is 0 Å². The average Bonchev–Trinajstić information content (AvgIpc) is 2.80. The second-order valence-electron chi connectivity index (χ2n) is 7.65. The van der Waals surface area contributed by atoms with Gasteiger partial charge in [0, 0.05) is 0 Å². The Morgan fingerprint density at radius 2 is 1.15 bits per heavy atom. The fraction of sp³-hybridized carbons (Fsp3) is 0.308. The molecule has 0 spiro atoms. The Morgan fingerprint density at radius 3 is 1.76 bits per heavy atom. The van der Waals surface area contributed by atoms with Gasteiger partial charge in [-0.05, 0) is 55.2 Å². The number of alkyl halides is 2. The van der Waals surface area contributed by atoms with Crippen LogP contribution in [-0.4, -0.2) is 3.74 Å². The van der Waals surface area contributed by atoms with E-state index in [0.717, 1.165) is 31.2 Å². The summed E-state index contributed by atoms with van der Waals surface area (Å²) in [5.41, 5.74) is 0.993. The first-order valence-corrected chi connectivity index (χ1v) is 14.5. The van der Waals surface area contributed by atoms with Gasteiger partial charge in [0.15, 0.2) is 0 Å². The van der Waals surface area contributed by atoms with E-state index >= 15 is 0 Å². The van der Waals surface area contributed by atoms with Crippen LogP contribution >= 0.6 is 39.7 Å². The highest BCUT2D eigenvalue weighted by Gasteiger charge is 2.33. The summed E-state index contributed by atoms with van der Waals surface area (Å²) in [6.07, 6.45) is 7.77. The largest absolute Gasteiger partial charge is 0.647 e. The van der Waals surface area contributed by atoms with Gasteiger partial charge in [0.25, 0.3) is 0 Å². The minimum Gasteiger partial charge on any atom is -0.386 e. The van der Waals surface area contributed by atoms with Gasteiger partial charge in [0.2, 0.25) is 0 Å². The number of phosphoric acid groups is 1. The molecule has 0 aliphatic rings. The Balaban J connectivity index is 1.66. The summed E-state index contributed by atoms with van der Waals surface area (Å²) in [6, 6.07) is 25.5. The zero-order valence-electron chi connectivity index (χ0n) is 18.4. The average molecular weight is 596 g/mol. The van der Waals surface area contributed by atoms with E-state index in [2.05, 4.69) is 31.9 Å². The van der Waals surface area contributed by atoms with Crippen molar-refractivity contribution in [1.29, 1.82) is 0 Å². The number of rotatable bonds is 14. The molecule has 3 aromatic carbocycles. The maximum Gasteiger partial charge on any atom is 0.647 e. The van der Waals surface area contributed by atoms with Crippen LogP contribution < -0.4 is 13.6 Å². The van der Waals surface area contributed by atoms with Crippen molar-refractivity contribution in [2.24, 2.45) is 0 Å². The summed E-state index contributed by atoms with van der Waals surface area (Å²) >= 11 is 7.04. The van der Waals surface area contributed by atoms with Gasteiger partial charge in [-0.3, -0.25) is 0 Å². The van der Waals surface area contributed by atoms with Crippen LogP contribution in [0.1, 0.15) is 44.1 Å². The van der Waals surface area contributed by atoms with Crippen LogP contribution in [0.3, 0.4) is 0 Å². The monoisotopic (exact) mass is 594 g/mol. The number of aryl methyl sites for hydroxylation is 1. The van der Waals surface area contributed by atoms with Gasteiger partial charge >= 0.3 is 7.82 Å². The first-order chi connectivity index (χ1) is 16.0. The molecule has 0 amide bonds. The molecule has 176 valence electrons. The molecule has 0 aliphatic heterocycles. The lowest BCUT2D eigenvalue weighted by atomic mass is 10.0. The van der Waals surface area contributed by atoms with Gasteiger partial charge in [-0.15, -0.1) is 0 Å². The van der Waals surface area contributed by atoms with Crippen LogP contribution in [0.15, 0.2) is 84.9 Å². The van der Waals surface area contributed by atoms with Crippen LogP contribution in [0.4, 0.5) is 0 Å². The van der Waals surface area contributed by atoms with E-state index in [1.807, 2.05) is 60.7 Å². The molecule has 0 radical (unpaired) electrons. The van der Waals surface area contributed by atoms with Crippen molar-refractivity contribution in [3.63, 3.8) is 0 Å². The standard InChI is InChI=1S/C26H29Br2O4P/c27-26(28)21-11-3-1-2-6-14-22-15-12-13-20-25(22)32-33(29,30-23-16-7-4-8-17-23)31-24-18-9-5-10-19-24/h4-5,7-10,12-13,15-20,26H,1-3,6,11,14,21H2. The van der Waals surface area contributed by atoms with Gasteiger partial charge in [0.1, 0.15) is 17.2 Å². The molecule has 0 atom stereocenters. The molecule has 3 aromatic rings. The summed E-state index contributed by atoms with van der Waals surface area (Å²) in [4.78, 5) is 0. The fourth-order valence-electron chi connectivity index (χ4n) is 3.34. The molecule has 0 bridgehead atoms. The van der Waals surface area contributed by atoms with Crippen LogP contribution in [-0.2, 0) is 11.0 Å². The normalized spacial score (nSPS) is 11.4. The molecule has 0 saturated carbocycles. The van der Waals surface area contributed by atoms with E-state index in [1.54, 1.807) is 24.3 Å². The van der Waals surface area contributed by atoms with E-state index in [4.69, 9.17) is 13.6 Å². The summed E-state index contributed by atoms with van der Waals surface area (Å²) in [5.74, 6) is 1.36. The lowest BCUT2D eigenvalue weighted by Crippen LogP contribution is -2.08. The van der Waals surface area contributed by atoms with Gasteiger partial charge in [-0.2, -0.15) is 4.57 Å². The zero-order chi connectivity index (χ0) is 23.4. The highest BCUT2D eigenvalue weighted by atomic mass is 79.9. The summed E-state index contributed by atoms with van der Waals surface area (Å²) in [6.45, 7) is 0. The third-order valence-corrected chi connectivity index (χ3v) is 7.18. The number of phosphoric ester groups is 1. The highest BCUT2D eigenvalue weighted by Crippen LogP contribution is 2.50. The molecule has 0 heterocycles. The third-order valence-electron chi connectivity index (χ3n) is 4.97. The Morgan fingerprint density at radius 1 is 0.636 bits per heavy atom. The van der Waals surface area contributed by atoms with Crippen LogP contribution in [0.5, 0.6) is 17.2 Å². The Hall–Kier alpha value is -1.75. The Kier molecular flexibility index (Phi) is 10.8. The van der Waals surface area contributed by atoms with E-state index in [1.165, 1.54) is 19.3 Å². The molecule has 0 aromatic heterocycles. The van der Waals surface area contributed by atoms with Crippen LogP contribution in [0.25, 0.3) is 0 Å². The summed E-state index contributed by atoms with van der Waals surface area (Å²) < 4.78 is 31.6. The number of hydrogen-bond acceptors (Lipinski definition) is 4. The van der Waals surface area contributed by atoms with Crippen molar-refractivity contribution >= 4 is 39.7 Å². The van der Waals surface area contributed by atoms with E-state index in [9.17, 15) is 4.57 Å². The molecule has 33 heavy (non-hydrogen) atoms. The summed E-state index contributed by atoms with van der Waals surface area (Å²) in [5, 5.41) is 0. The predicted molar refractivity (Wildman–Crippen MR) is 142 cm³/mol. The van der Waals surface area contributed by atoms with E-state index < -0.39 is 7.82 Å². The number of benzene rings is 3. The molecule has 4 nitrogen and oxygen atoms in total. The molecule has 0 unspecified atom stereocenters. The van der Waals surface area contributed by atoms with Crippen LogP contribution in [0.2, 0.25) is 0 Å². The fourth-order valence-corrected chi connectivity index (χ4v) is 5.28. The minimum atomic E-state index is -3.98. The lowest BCUT2D eigenvalue weighted by Gasteiger charge is -2.21. The van der Waals surface area contributed by atoms with E-state index in [0.29, 0.717) is 21.0 Å². The molecular weight excluding hydrogens is 567 g/mol. The number of para-hydroxylation sites is 3. The smallest absolute Gasteiger partial charge is 0.386 e. The Labute approximate surface area is 213 Å². The van der Waals surface area contributed by atoms with Gasteiger partial charge < -0.3 is 13.6 Å². The van der Waals surface area contributed by atoms with Crippen LogP contribution in [0, 0.1) is 0 Å². The maximum absolute atomic E-state index is 13.7. The van der Waals surface area contributed by atoms with Gasteiger partial charge in [-0.1, -0.05) is 112 Å². The second-order valence-corrected chi connectivity index (χ2v) is 12.5. The lowest BCUT2D eigenvalue weighted by molar-refractivity contribution is 0.297. The Bertz CT molecular complexity index is 954. The molecule has 0 fully saturated rings. The number of unbranched alkanes of at least 4 members (excludes halogenated alkanes) is 4. The van der Waals surface area contributed by atoms with Crippen molar-refractivity contribution in [2.75, 3.05) is 0 Å². The molecule has 3 rings (SSSR count). The van der Waals surface area contributed by atoms with Crippen molar-refractivity contribution < 1.29 is 18.1 Å². The van der Waals surface area contributed by atoms with Gasteiger partial charge in [0.05, 0.1) is 3.74 Å². The first-order valence-electron chi connectivity index (χ1n) is 11.2.